The zero-order valence-electron chi connectivity index (χ0n) is 17.7. The Morgan fingerprint density at radius 1 is 1.37 bits per heavy atom. The van der Waals surface area contributed by atoms with E-state index in [4.69, 9.17) is 4.52 Å². The van der Waals surface area contributed by atoms with E-state index in [-0.39, 0.29) is 18.9 Å². The zero-order chi connectivity index (χ0) is 22.3. The summed E-state index contributed by atoms with van der Waals surface area (Å²) in [6, 6.07) is 5.75. The number of hydrogen-bond acceptors (Lipinski definition) is 5. The van der Waals surface area contributed by atoms with Gasteiger partial charge in [-0.15, -0.1) is 0 Å². The first-order valence-electron chi connectivity index (χ1n) is 9.96. The highest BCUT2D eigenvalue weighted by Gasteiger charge is 2.33. The molecule has 166 valence electrons. The summed E-state index contributed by atoms with van der Waals surface area (Å²) in [7, 11) is -2.78. The first-order valence-corrected chi connectivity index (χ1v) is 11.5. The number of rotatable bonds is 11. The Balaban J connectivity index is 2.24. The van der Waals surface area contributed by atoms with Crippen LogP contribution >= 0.6 is 7.75 Å². The Morgan fingerprint density at radius 2 is 2.07 bits per heavy atom. The van der Waals surface area contributed by atoms with E-state index in [1.165, 1.54) is 7.05 Å². The largest absolute Gasteiger partial charge is 0.861 e. The number of carbonyl (C=O) groups excluding carboxylic acids is 1. The van der Waals surface area contributed by atoms with Gasteiger partial charge in [-0.1, -0.05) is 38.5 Å². The molecular weight excluding hydrogens is 407 g/mol. The summed E-state index contributed by atoms with van der Waals surface area (Å²) in [4.78, 5) is 29.8. The topological polar surface area (TPSA) is 139 Å². The second-order valence-electron chi connectivity index (χ2n) is 7.12. The van der Waals surface area contributed by atoms with Crippen LogP contribution in [0.5, 0.6) is 0 Å². The number of nitrogens with zero attached hydrogens (tertiary/aromatic N) is 1. The van der Waals surface area contributed by atoms with Crippen molar-refractivity contribution in [1.82, 2.24) is 15.4 Å². The van der Waals surface area contributed by atoms with Crippen LogP contribution in [0.2, 0.25) is 0 Å². The van der Waals surface area contributed by atoms with Crippen LogP contribution in [0.25, 0.3) is 10.9 Å². The second kappa shape index (κ2) is 10.7. The summed E-state index contributed by atoms with van der Waals surface area (Å²) < 4.78 is 17.0. The maximum Gasteiger partial charge on any atom is 0.403 e. The molecule has 4 N–H and O–H groups in total. The zero-order valence-corrected chi connectivity index (χ0v) is 18.6. The van der Waals surface area contributed by atoms with Gasteiger partial charge >= 0.3 is 7.75 Å². The molecule has 1 aromatic heterocycles. The molecular formula is C20H30N4O5P-. The maximum absolute atomic E-state index is 13.0. The van der Waals surface area contributed by atoms with Gasteiger partial charge in [0.15, 0.2) is 0 Å². The molecule has 2 aromatic rings. The SMILES string of the molecule is CCOP(=O)(O)N[C@H](C(=O)NC(Cc1c[nH]c2ccccc12)C([O-])=NC)[C@@H](C)CC. The highest BCUT2D eigenvalue weighted by atomic mass is 31.2. The highest BCUT2D eigenvalue weighted by Crippen LogP contribution is 2.38. The molecule has 0 saturated heterocycles. The van der Waals surface area contributed by atoms with Crippen LogP contribution in [0.15, 0.2) is 35.5 Å². The van der Waals surface area contributed by atoms with Crippen molar-refractivity contribution in [3.05, 3.63) is 36.0 Å². The standard InChI is InChI=1S/C20H31N4O5P/c1-5-13(3)18(24-30(27,28)29-6-2)20(26)23-17(19(25)21-4)11-14-12-22-16-10-8-7-9-15(14)16/h7-10,12-13,17-18,22H,5-6,11H2,1-4H3,(H,21,25)(H,23,26)(H2,24,27,28)/p-1/t13-,17?,18-/m0/s1. The van der Waals surface area contributed by atoms with E-state index in [1.807, 2.05) is 31.2 Å². The van der Waals surface area contributed by atoms with Crippen LogP contribution in [0.3, 0.4) is 0 Å². The molecule has 1 heterocycles. The number of benzene rings is 1. The average molecular weight is 437 g/mol. The van der Waals surface area contributed by atoms with Crippen molar-refractivity contribution in [2.45, 2.75) is 45.7 Å². The Kier molecular flexibility index (Phi) is 8.61. The van der Waals surface area contributed by atoms with E-state index in [9.17, 15) is 19.4 Å². The van der Waals surface area contributed by atoms with Crippen molar-refractivity contribution < 1.29 is 23.9 Å². The van der Waals surface area contributed by atoms with Crippen molar-refractivity contribution >= 4 is 30.5 Å². The summed E-state index contributed by atoms with van der Waals surface area (Å²) in [6.07, 6.45) is 2.62. The molecule has 0 aliphatic heterocycles. The van der Waals surface area contributed by atoms with Crippen LogP contribution < -0.4 is 15.5 Å². The van der Waals surface area contributed by atoms with E-state index in [1.54, 1.807) is 20.0 Å². The van der Waals surface area contributed by atoms with E-state index >= 15 is 0 Å². The van der Waals surface area contributed by atoms with Gasteiger partial charge in [0.2, 0.25) is 5.91 Å². The predicted molar refractivity (Wildman–Crippen MR) is 115 cm³/mol. The molecule has 0 fully saturated rings. The third-order valence-corrected chi connectivity index (χ3v) is 6.25. The molecule has 0 bridgehead atoms. The van der Waals surface area contributed by atoms with Crippen molar-refractivity contribution in [1.29, 1.82) is 0 Å². The van der Waals surface area contributed by atoms with Crippen LogP contribution in [-0.2, 0) is 20.3 Å². The van der Waals surface area contributed by atoms with Crippen LogP contribution in [-0.4, -0.2) is 47.4 Å². The first kappa shape index (κ1) is 24.1. The Hall–Kier alpha value is -2.19. The van der Waals surface area contributed by atoms with Crippen molar-refractivity contribution in [2.24, 2.45) is 10.9 Å². The molecule has 0 saturated carbocycles. The molecule has 30 heavy (non-hydrogen) atoms. The number of aliphatic imine (C=N–C) groups is 1. The summed E-state index contributed by atoms with van der Waals surface area (Å²) in [5, 5.41) is 18.5. The molecule has 10 heteroatoms. The third-order valence-electron chi connectivity index (χ3n) is 5.04. The van der Waals surface area contributed by atoms with E-state index in [2.05, 4.69) is 20.4 Å². The number of amides is 1. The molecule has 2 unspecified atom stereocenters. The average Bonchev–Trinajstić information content (AvgIpc) is 3.13. The normalized spacial score (nSPS) is 17.3. The Morgan fingerprint density at radius 3 is 2.70 bits per heavy atom. The van der Waals surface area contributed by atoms with Gasteiger partial charge in [-0.05, 0) is 36.8 Å². The minimum absolute atomic E-state index is 0.0199. The number of nitrogens with one attached hydrogen (secondary N) is 3. The first-order chi connectivity index (χ1) is 14.2. The smallest absolute Gasteiger partial charge is 0.403 e. The lowest BCUT2D eigenvalue weighted by Gasteiger charge is -2.30. The molecule has 0 aliphatic carbocycles. The molecule has 0 spiro atoms. The summed E-state index contributed by atoms with van der Waals surface area (Å²) in [5.74, 6) is -1.30. The van der Waals surface area contributed by atoms with E-state index in [0.717, 1.165) is 16.5 Å². The van der Waals surface area contributed by atoms with Crippen molar-refractivity contribution in [2.75, 3.05) is 13.7 Å². The molecule has 4 atom stereocenters. The second-order valence-corrected chi connectivity index (χ2v) is 8.67. The van der Waals surface area contributed by atoms with Gasteiger partial charge in [0.05, 0.1) is 18.7 Å². The molecule has 1 amide bonds. The predicted octanol–water partition coefficient (Wildman–Crippen LogP) is 1.72. The van der Waals surface area contributed by atoms with Crippen LogP contribution in [0.1, 0.15) is 32.8 Å². The van der Waals surface area contributed by atoms with Gasteiger partial charge in [-0.25, -0.2) is 9.65 Å². The van der Waals surface area contributed by atoms with Gasteiger partial charge in [-0.2, -0.15) is 0 Å². The maximum atomic E-state index is 13.0. The van der Waals surface area contributed by atoms with Gasteiger partial charge in [-0.3, -0.25) is 9.32 Å². The van der Waals surface area contributed by atoms with Gasteiger partial charge in [0, 0.05) is 24.1 Å². The van der Waals surface area contributed by atoms with Crippen molar-refractivity contribution in [3.8, 4) is 0 Å². The number of carbonyl (C=O) groups is 1. The van der Waals surface area contributed by atoms with E-state index in [0.29, 0.717) is 6.42 Å². The molecule has 2 rings (SSSR count). The Labute approximate surface area is 176 Å². The highest BCUT2D eigenvalue weighted by molar-refractivity contribution is 7.50. The third kappa shape index (κ3) is 6.15. The fraction of sp³-hybridized carbons (Fsp3) is 0.500. The van der Waals surface area contributed by atoms with Crippen LogP contribution in [0.4, 0.5) is 0 Å². The monoisotopic (exact) mass is 437 g/mol. The number of para-hydroxylation sites is 1. The van der Waals surface area contributed by atoms with Crippen molar-refractivity contribution in [3.63, 3.8) is 0 Å². The lowest BCUT2D eigenvalue weighted by atomic mass is 9.98. The minimum atomic E-state index is -4.16. The fourth-order valence-corrected chi connectivity index (χ4v) is 4.35. The lowest BCUT2D eigenvalue weighted by Crippen LogP contribution is -2.54. The number of aromatic amines is 1. The lowest BCUT2D eigenvalue weighted by molar-refractivity contribution is -0.221. The van der Waals surface area contributed by atoms with Crippen LogP contribution in [0, 0.1) is 5.92 Å². The van der Waals surface area contributed by atoms with Gasteiger partial charge < -0.3 is 25.3 Å². The van der Waals surface area contributed by atoms with Gasteiger partial charge in [0.25, 0.3) is 0 Å². The number of H-pyrrole nitrogens is 1. The number of aromatic nitrogens is 1. The van der Waals surface area contributed by atoms with E-state index < -0.39 is 31.6 Å². The minimum Gasteiger partial charge on any atom is -0.861 e. The number of fused-ring (bicyclic) bond motifs is 1. The van der Waals surface area contributed by atoms with Gasteiger partial charge in [0.1, 0.15) is 0 Å². The molecule has 9 nitrogen and oxygen atoms in total. The fourth-order valence-electron chi connectivity index (χ4n) is 3.21. The molecule has 0 aliphatic rings. The molecule has 1 aromatic carbocycles. The Bertz CT molecular complexity index is 929. The number of hydrogen-bond donors (Lipinski definition) is 4. The summed E-state index contributed by atoms with van der Waals surface area (Å²) in [5.41, 5.74) is 1.79. The molecule has 0 radical (unpaired) electrons. The summed E-state index contributed by atoms with van der Waals surface area (Å²) >= 11 is 0. The summed E-state index contributed by atoms with van der Waals surface area (Å²) in [6.45, 7) is 5.25. The quantitative estimate of drug-likeness (QED) is 0.240.